The lowest BCUT2D eigenvalue weighted by molar-refractivity contribution is -0.122. The largest absolute Gasteiger partial charge is 0.496 e. The van der Waals surface area contributed by atoms with Crippen LogP contribution in [0.2, 0.25) is 0 Å². The Morgan fingerprint density at radius 3 is 2.65 bits per heavy atom. The molecule has 1 aromatic heterocycles. The van der Waals surface area contributed by atoms with Crippen molar-refractivity contribution in [3.8, 4) is 28.4 Å². The Bertz CT molecular complexity index is 1650. The second-order valence-electron chi connectivity index (χ2n) is 8.80. The Labute approximate surface area is 239 Å². The molecule has 2 N–H and O–H groups in total. The van der Waals surface area contributed by atoms with E-state index in [1.54, 1.807) is 24.4 Å². The van der Waals surface area contributed by atoms with Crippen LogP contribution in [0.4, 0.5) is 0 Å². The summed E-state index contributed by atoms with van der Waals surface area (Å²) in [4.78, 5) is 33.9. The first kappa shape index (κ1) is 27.2. The number of nitrogens with zero attached hydrogens (tertiary/aromatic N) is 2. The highest BCUT2D eigenvalue weighted by atomic mass is 32.2. The van der Waals surface area contributed by atoms with Gasteiger partial charge < -0.3 is 24.3 Å². The molecule has 2 heterocycles. The highest BCUT2D eigenvalue weighted by molar-refractivity contribution is 8.26. The first-order valence-corrected chi connectivity index (χ1v) is 13.5. The molecule has 3 aromatic carbocycles. The van der Waals surface area contributed by atoms with Crippen LogP contribution in [0.25, 0.3) is 28.2 Å². The predicted octanol–water partition coefficient (Wildman–Crippen LogP) is 5.62. The van der Waals surface area contributed by atoms with Gasteiger partial charge in [-0.3, -0.25) is 9.69 Å². The quantitative estimate of drug-likeness (QED) is 0.141. The van der Waals surface area contributed by atoms with E-state index in [0.717, 1.165) is 33.5 Å². The van der Waals surface area contributed by atoms with Crippen LogP contribution in [0.1, 0.15) is 22.3 Å². The van der Waals surface area contributed by atoms with Crippen molar-refractivity contribution >= 4 is 57.3 Å². The average Bonchev–Trinajstić information content (AvgIpc) is 3.54. The molecule has 0 unspecified atom stereocenters. The Hall–Kier alpha value is -4.35. The second kappa shape index (κ2) is 11.8. The van der Waals surface area contributed by atoms with Crippen LogP contribution >= 0.6 is 24.0 Å². The molecule has 204 valence electrons. The van der Waals surface area contributed by atoms with Gasteiger partial charge in [-0.15, -0.1) is 0 Å². The summed E-state index contributed by atoms with van der Waals surface area (Å²) in [6, 6.07) is 16.1. The monoisotopic (exact) mass is 575 g/mol. The molecular weight excluding hydrogens is 550 g/mol. The molecule has 0 bridgehead atoms. The minimum Gasteiger partial charge on any atom is -0.496 e. The van der Waals surface area contributed by atoms with E-state index in [1.807, 2.05) is 42.5 Å². The van der Waals surface area contributed by atoms with Crippen molar-refractivity contribution < 1.29 is 28.9 Å². The van der Waals surface area contributed by atoms with Crippen molar-refractivity contribution in [2.75, 3.05) is 27.4 Å². The summed E-state index contributed by atoms with van der Waals surface area (Å²) < 4.78 is 17.1. The van der Waals surface area contributed by atoms with Crippen molar-refractivity contribution in [2.24, 2.45) is 0 Å². The number of carbonyl (C=O) groups is 2. The summed E-state index contributed by atoms with van der Waals surface area (Å²) in [6.45, 7) is 0.678. The standard InChI is InChI=1S/C29H25N3O6S2/c1-36-23-8-4-17(12-20(23)18-5-7-21-22(14-18)31-16-30-21)13-26-27(33)32(29(39)40-26)10-3-11-38-24-9-6-19(28(34)35)15-25(24)37-2/h4-9,12-16H,3,10-11H2,1-2H3,(H,30,31)(H,34,35). The average molecular weight is 576 g/mol. The van der Waals surface area contributed by atoms with Gasteiger partial charge in [0, 0.05) is 12.1 Å². The van der Waals surface area contributed by atoms with E-state index in [9.17, 15) is 9.59 Å². The van der Waals surface area contributed by atoms with E-state index < -0.39 is 5.97 Å². The molecule has 40 heavy (non-hydrogen) atoms. The zero-order valence-corrected chi connectivity index (χ0v) is 23.3. The Morgan fingerprint density at radius 2 is 1.88 bits per heavy atom. The number of amides is 1. The van der Waals surface area contributed by atoms with Gasteiger partial charge >= 0.3 is 5.97 Å². The topological polar surface area (TPSA) is 114 Å². The number of methoxy groups -OCH3 is 2. The van der Waals surface area contributed by atoms with Gasteiger partial charge in [0.15, 0.2) is 11.5 Å². The number of thiocarbonyl (C=S) groups is 1. The fourth-order valence-corrected chi connectivity index (χ4v) is 5.62. The lowest BCUT2D eigenvalue weighted by Crippen LogP contribution is -2.29. The first-order valence-electron chi connectivity index (χ1n) is 12.3. The molecule has 11 heteroatoms. The van der Waals surface area contributed by atoms with E-state index in [0.29, 0.717) is 40.3 Å². The van der Waals surface area contributed by atoms with E-state index in [1.165, 1.54) is 31.0 Å². The third-order valence-electron chi connectivity index (χ3n) is 6.32. The minimum atomic E-state index is -1.05. The van der Waals surface area contributed by atoms with Crippen LogP contribution < -0.4 is 14.2 Å². The number of hydrogen-bond donors (Lipinski definition) is 2. The fourth-order valence-electron chi connectivity index (χ4n) is 4.31. The van der Waals surface area contributed by atoms with E-state index in [4.69, 9.17) is 31.5 Å². The van der Waals surface area contributed by atoms with Crippen LogP contribution in [0.5, 0.6) is 17.2 Å². The number of H-pyrrole nitrogens is 1. The number of imidazole rings is 1. The van der Waals surface area contributed by atoms with E-state index in [-0.39, 0.29) is 11.5 Å². The normalized spacial score (nSPS) is 14.2. The predicted molar refractivity (Wildman–Crippen MR) is 158 cm³/mol. The molecule has 1 amide bonds. The number of ether oxygens (including phenoxy) is 3. The zero-order chi connectivity index (χ0) is 28.2. The summed E-state index contributed by atoms with van der Waals surface area (Å²) in [5.74, 6) is 0.276. The van der Waals surface area contributed by atoms with Gasteiger partial charge in [0.25, 0.3) is 5.91 Å². The minimum absolute atomic E-state index is 0.108. The lowest BCUT2D eigenvalue weighted by Gasteiger charge is -2.15. The number of hydrogen-bond acceptors (Lipinski definition) is 8. The molecule has 0 atom stereocenters. The maximum absolute atomic E-state index is 13.2. The summed E-state index contributed by atoms with van der Waals surface area (Å²) >= 11 is 6.76. The third-order valence-corrected chi connectivity index (χ3v) is 7.70. The molecular formula is C29H25N3O6S2. The maximum atomic E-state index is 13.2. The number of benzene rings is 3. The van der Waals surface area contributed by atoms with Gasteiger partial charge in [-0.2, -0.15) is 0 Å². The van der Waals surface area contributed by atoms with Crippen molar-refractivity contribution in [2.45, 2.75) is 6.42 Å². The number of carboxylic acids is 1. The first-order chi connectivity index (χ1) is 19.4. The number of aromatic carboxylic acids is 1. The summed E-state index contributed by atoms with van der Waals surface area (Å²) in [7, 11) is 3.08. The van der Waals surface area contributed by atoms with Gasteiger partial charge in [-0.25, -0.2) is 9.78 Å². The number of nitrogens with one attached hydrogen (secondary N) is 1. The van der Waals surface area contributed by atoms with Crippen LogP contribution in [-0.4, -0.2) is 63.5 Å². The lowest BCUT2D eigenvalue weighted by atomic mass is 10.0. The summed E-state index contributed by atoms with van der Waals surface area (Å²) in [5, 5.41) is 9.15. The smallest absolute Gasteiger partial charge is 0.335 e. The Balaban J connectivity index is 1.26. The number of rotatable bonds is 10. The maximum Gasteiger partial charge on any atom is 0.335 e. The van der Waals surface area contributed by atoms with Crippen molar-refractivity contribution in [3.05, 3.63) is 77.0 Å². The number of carbonyl (C=O) groups excluding carboxylic acids is 1. The molecule has 5 rings (SSSR count). The molecule has 1 aliphatic heterocycles. The van der Waals surface area contributed by atoms with Gasteiger partial charge in [-0.1, -0.05) is 36.1 Å². The number of fused-ring (bicyclic) bond motifs is 1. The Morgan fingerprint density at radius 1 is 1.07 bits per heavy atom. The fraction of sp³-hybridized carbons (Fsp3) is 0.172. The number of thioether (sulfide) groups is 1. The summed E-state index contributed by atoms with van der Waals surface area (Å²) in [6.07, 6.45) is 4.01. The molecule has 1 fully saturated rings. The van der Waals surface area contributed by atoms with Crippen LogP contribution in [0, 0.1) is 0 Å². The van der Waals surface area contributed by atoms with Crippen molar-refractivity contribution in [3.63, 3.8) is 0 Å². The SMILES string of the molecule is COc1cc(C(=O)O)ccc1OCCCN1C(=O)C(=Cc2ccc(OC)c(-c3ccc4nc[nH]c4c3)c2)SC1=S. The second-order valence-corrected chi connectivity index (χ2v) is 10.5. The van der Waals surface area contributed by atoms with Gasteiger partial charge in [0.05, 0.1) is 48.7 Å². The molecule has 0 aliphatic carbocycles. The van der Waals surface area contributed by atoms with Gasteiger partial charge in [0.2, 0.25) is 0 Å². The zero-order valence-electron chi connectivity index (χ0n) is 21.7. The third kappa shape index (κ3) is 5.65. The van der Waals surface area contributed by atoms with Gasteiger partial charge in [0.1, 0.15) is 10.1 Å². The van der Waals surface area contributed by atoms with Crippen molar-refractivity contribution in [1.29, 1.82) is 0 Å². The molecule has 4 aromatic rings. The highest BCUT2D eigenvalue weighted by Gasteiger charge is 2.31. The molecule has 0 spiro atoms. The van der Waals surface area contributed by atoms with E-state index >= 15 is 0 Å². The Kier molecular flexibility index (Phi) is 8.04. The van der Waals surface area contributed by atoms with Crippen LogP contribution in [-0.2, 0) is 4.79 Å². The molecule has 1 saturated heterocycles. The van der Waals surface area contributed by atoms with Crippen LogP contribution in [0.15, 0.2) is 65.8 Å². The van der Waals surface area contributed by atoms with E-state index in [2.05, 4.69) is 9.97 Å². The molecule has 9 nitrogen and oxygen atoms in total. The highest BCUT2D eigenvalue weighted by Crippen LogP contribution is 2.36. The molecule has 0 radical (unpaired) electrons. The van der Waals surface area contributed by atoms with Gasteiger partial charge in [-0.05, 0) is 66.1 Å². The molecule has 1 aliphatic rings. The summed E-state index contributed by atoms with van der Waals surface area (Å²) in [5.41, 5.74) is 4.61. The number of aromatic nitrogens is 2. The number of aromatic amines is 1. The van der Waals surface area contributed by atoms with Crippen molar-refractivity contribution in [1.82, 2.24) is 14.9 Å². The molecule has 0 saturated carbocycles. The van der Waals surface area contributed by atoms with Crippen LogP contribution in [0.3, 0.4) is 0 Å². The number of carboxylic acid groups (broad SMARTS) is 1.